The lowest BCUT2D eigenvalue weighted by Gasteiger charge is -2.23. The third kappa shape index (κ3) is 7.14. The van der Waals surface area contributed by atoms with Gasteiger partial charge < -0.3 is 15.4 Å². The number of likely N-dealkylation sites (tertiary alicyclic amines) is 1. The van der Waals surface area contributed by atoms with E-state index in [9.17, 15) is 4.79 Å². The summed E-state index contributed by atoms with van der Waals surface area (Å²) in [5.74, 6) is 0. The molecule has 118 valence electrons. The predicted molar refractivity (Wildman–Crippen MR) is 86.7 cm³/mol. The Balaban J connectivity index is 0.000000315. The Bertz CT molecular complexity index is 442. The van der Waals surface area contributed by atoms with Crippen molar-refractivity contribution in [2.24, 2.45) is 5.73 Å². The number of methoxy groups -OCH3 is 1. The first kappa shape index (κ1) is 17.5. The van der Waals surface area contributed by atoms with Gasteiger partial charge in [0.25, 0.3) is 0 Å². The van der Waals surface area contributed by atoms with E-state index in [1.165, 1.54) is 11.1 Å². The number of rotatable bonds is 1. The zero-order valence-electron chi connectivity index (χ0n) is 13.7. The lowest BCUT2D eigenvalue weighted by atomic mass is 9.99. The van der Waals surface area contributed by atoms with Crippen LogP contribution in [0.15, 0.2) is 35.1 Å². The van der Waals surface area contributed by atoms with E-state index >= 15 is 0 Å². The third-order valence-electron chi connectivity index (χ3n) is 3.45. The Morgan fingerprint density at radius 3 is 2.52 bits per heavy atom. The first-order chi connectivity index (χ1) is 9.84. The zero-order chi connectivity index (χ0) is 15.9. The standard InChI is InChI=1S/C12H16N2O.C5H12O/c13-12-4-3-10-2-1-5-14(9-15)8-11(6-10)7-12;1-5(2,3)6-4/h3-4,7,9H,1-2,5-6,8,13H2;1-4H3. The van der Waals surface area contributed by atoms with Gasteiger partial charge in [-0.25, -0.2) is 0 Å². The van der Waals surface area contributed by atoms with E-state index in [0.717, 1.165) is 44.5 Å². The molecule has 2 N–H and O–H groups in total. The summed E-state index contributed by atoms with van der Waals surface area (Å²) < 4.78 is 4.94. The minimum atomic E-state index is 0.0417. The Labute approximate surface area is 128 Å². The molecule has 2 rings (SSSR count). The van der Waals surface area contributed by atoms with Crippen molar-refractivity contribution in [3.05, 3.63) is 35.1 Å². The highest BCUT2D eigenvalue weighted by Crippen LogP contribution is 2.23. The molecule has 0 spiro atoms. The summed E-state index contributed by atoms with van der Waals surface area (Å²) >= 11 is 0. The van der Waals surface area contributed by atoms with Crippen molar-refractivity contribution in [2.45, 2.75) is 45.6 Å². The van der Waals surface area contributed by atoms with Gasteiger partial charge in [-0.1, -0.05) is 11.6 Å². The van der Waals surface area contributed by atoms with Crippen molar-refractivity contribution in [3.8, 4) is 0 Å². The summed E-state index contributed by atoms with van der Waals surface area (Å²) in [6.45, 7) is 7.63. The number of ether oxygens (including phenoxy) is 1. The highest BCUT2D eigenvalue weighted by atomic mass is 16.5. The van der Waals surface area contributed by atoms with Crippen LogP contribution in [-0.2, 0) is 9.53 Å². The SMILES string of the molecule is COC(C)(C)C.NC1=CC=C2CCCN(C=O)CC(=C1)C2. The number of allylic oxidation sites excluding steroid dienone is 4. The normalized spacial score (nSPS) is 18.9. The molecule has 1 fully saturated rings. The third-order valence-corrected chi connectivity index (χ3v) is 3.45. The molecule has 1 aliphatic heterocycles. The molecule has 2 aliphatic rings. The number of hydrogen-bond acceptors (Lipinski definition) is 3. The second-order valence-electron chi connectivity index (χ2n) is 6.47. The summed E-state index contributed by atoms with van der Waals surface area (Å²) in [6.07, 6.45) is 10.1. The second-order valence-corrected chi connectivity index (χ2v) is 6.47. The average molecular weight is 292 g/mol. The van der Waals surface area contributed by atoms with Crippen LogP contribution in [0.3, 0.4) is 0 Å². The van der Waals surface area contributed by atoms with E-state index in [1.54, 1.807) is 7.11 Å². The van der Waals surface area contributed by atoms with Crippen molar-refractivity contribution < 1.29 is 9.53 Å². The summed E-state index contributed by atoms with van der Waals surface area (Å²) in [5, 5.41) is 0. The van der Waals surface area contributed by atoms with Crippen LogP contribution in [0.25, 0.3) is 0 Å². The molecule has 0 saturated carbocycles. The maximum Gasteiger partial charge on any atom is 0.209 e. The van der Waals surface area contributed by atoms with Crippen molar-refractivity contribution in [2.75, 3.05) is 20.2 Å². The van der Waals surface area contributed by atoms with Crippen molar-refractivity contribution in [1.29, 1.82) is 0 Å². The van der Waals surface area contributed by atoms with Gasteiger partial charge in [0.15, 0.2) is 0 Å². The predicted octanol–water partition coefficient (Wildman–Crippen LogP) is 2.77. The molecule has 0 unspecified atom stereocenters. The molecule has 1 heterocycles. The lowest BCUT2D eigenvalue weighted by Crippen LogP contribution is -2.27. The molecule has 2 bridgehead atoms. The van der Waals surface area contributed by atoms with Gasteiger partial charge in [-0.05, 0) is 57.8 Å². The molecule has 0 radical (unpaired) electrons. The number of carbonyl (C=O) groups excluding carboxylic acids is 1. The van der Waals surface area contributed by atoms with Gasteiger partial charge in [-0.2, -0.15) is 0 Å². The number of amides is 1. The molecular weight excluding hydrogens is 264 g/mol. The van der Waals surface area contributed by atoms with Crippen LogP contribution in [0.1, 0.15) is 40.0 Å². The van der Waals surface area contributed by atoms with Crippen LogP contribution >= 0.6 is 0 Å². The van der Waals surface area contributed by atoms with Gasteiger partial charge in [-0.15, -0.1) is 0 Å². The fourth-order valence-corrected chi connectivity index (χ4v) is 2.11. The van der Waals surface area contributed by atoms with Gasteiger partial charge in [-0.3, -0.25) is 4.79 Å². The molecule has 4 heteroatoms. The number of nitrogens with two attached hydrogens (primary N) is 1. The Morgan fingerprint density at radius 1 is 1.29 bits per heavy atom. The zero-order valence-corrected chi connectivity index (χ0v) is 13.7. The van der Waals surface area contributed by atoms with Gasteiger partial charge >= 0.3 is 0 Å². The molecule has 4 nitrogen and oxygen atoms in total. The maximum atomic E-state index is 10.8. The monoisotopic (exact) mass is 292 g/mol. The van der Waals surface area contributed by atoms with Crippen LogP contribution in [0.4, 0.5) is 0 Å². The summed E-state index contributed by atoms with van der Waals surface area (Å²) in [5.41, 5.74) is 9.30. The number of nitrogens with zero attached hydrogens (tertiary/aromatic N) is 1. The molecule has 0 aromatic carbocycles. The highest BCUT2D eigenvalue weighted by molar-refractivity contribution is 5.49. The smallest absolute Gasteiger partial charge is 0.209 e. The fourth-order valence-electron chi connectivity index (χ4n) is 2.11. The quantitative estimate of drug-likeness (QED) is 0.756. The van der Waals surface area contributed by atoms with Crippen LogP contribution < -0.4 is 5.73 Å². The molecular formula is C17H28N2O2. The Hall–Kier alpha value is -1.55. The second kappa shape index (κ2) is 8.03. The Morgan fingerprint density at radius 2 is 1.95 bits per heavy atom. The van der Waals surface area contributed by atoms with Crippen LogP contribution in [0.2, 0.25) is 0 Å². The van der Waals surface area contributed by atoms with Gasteiger partial charge in [0.2, 0.25) is 6.41 Å². The average Bonchev–Trinajstić information content (AvgIpc) is 2.58. The number of fused-ring (bicyclic) bond motifs is 2. The summed E-state index contributed by atoms with van der Waals surface area (Å²) in [6, 6.07) is 0. The minimum Gasteiger partial charge on any atom is -0.399 e. The number of hydrogen-bond donors (Lipinski definition) is 1. The van der Waals surface area contributed by atoms with Crippen LogP contribution in [0, 0.1) is 0 Å². The van der Waals surface area contributed by atoms with E-state index in [4.69, 9.17) is 10.5 Å². The van der Waals surface area contributed by atoms with Crippen molar-refractivity contribution >= 4 is 6.41 Å². The molecule has 21 heavy (non-hydrogen) atoms. The Kier molecular flexibility index (Phi) is 6.69. The summed E-state index contributed by atoms with van der Waals surface area (Å²) in [7, 11) is 1.71. The van der Waals surface area contributed by atoms with Crippen LogP contribution in [0.5, 0.6) is 0 Å². The van der Waals surface area contributed by atoms with E-state index < -0.39 is 0 Å². The molecule has 1 saturated heterocycles. The molecule has 1 aliphatic carbocycles. The maximum absolute atomic E-state index is 10.8. The highest BCUT2D eigenvalue weighted by Gasteiger charge is 2.13. The topological polar surface area (TPSA) is 55.6 Å². The first-order valence-corrected chi connectivity index (χ1v) is 7.43. The van der Waals surface area contributed by atoms with Crippen LogP contribution in [-0.4, -0.2) is 37.1 Å². The molecule has 0 aromatic rings. The number of carbonyl (C=O) groups is 1. The van der Waals surface area contributed by atoms with E-state index in [0.29, 0.717) is 0 Å². The summed E-state index contributed by atoms with van der Waals surface area (Å²) in [4.78, 5) is 12.6. The molecule has 1 amide bonds. The van der Waals surface area contributed by atoms with E-state index in [2.05, 4.69) is 6.08 Å². The first-order valence-electron chi connectivity index (χ1n) is 7.43. The van der Waals surface area contributed by atoms with E-state index in [-0.39, 0.29) is 5.60 Å². The minimum absolute atomic E-state index is 0.0417. The van der Waals surface area contributed by atoms with Gasteiger partial charge in [0.1, 0.15) is 0 Å². The van der Waals surface area contributed by atoms with Gasteiger partial charge in [0, 0.05) is 25.9 Å². The van der Waals surface area contributed by atoms with Crippen molar-refractivity contribution in [1.82, 2.24) is 4.90 Å². The van der Waals surface area contributed by atoms with Gasteiger partial charge in [0.05, 0.1) is 5.60 Å². The largest absolute Gasteiger partial charge is 0.399 e. The van der Waals surface area contributed by atoms with Crippen molar-refractivity contribution in [3.63, 3.8) is 0 Å². The lowest BCUT2D eigenvalue weighted by molar-refractivity contribution is -0.117. The molecule has 0 aromatic heterocycles. The fraction of sp³-hybridized carbons (Fsp3) is 0.588. The molecule has 0 atom stereocenters. The van der Waals surface area contributed by atoms with E-state index in [1.807, 2.05) is 37.8 Å².